The van der Waals surface area contributed by atoms with Crippen LogP contribution in [-0.4, -0.2) is 4.98 Å². The van der Waals surface area contributed by atoms with E-state index < -0.39 is 0 Å². The summed E-state index contributed by atoms with van der Waals surface area (Å²) in [4.78, 5) is 5.64. The van der Waals surface area contributed by atoms with E-state index in [4.69, 9.17) is 0 Å². The summed E-state index contributed by atoms with van der Waals surface area (Å²) in [5.41, 5.74) is 1.13. The van der Waals surface area contributed by atoms with E-state index in [1.165, 1.54) is 30.6 Å². The van der Waals surface area contributed by atoms with Crippen LogP contribution in [0, 0.1) is 5.92 Å². The van der Waals surface area contributed by atoms with Gasteiger partial charge in [-0.05, 0) is 42.3 Å². The molecule has 0 saturated heterocycles. The van der Waals surface area contributed by atoms with Gasteiger partial charge in [0.1, 0.15) is 0 Å². The third kappa shape index (κ3) is 2.56. The molecule has 0 aromatic carbocycles. The molecule has 2 heterocycles. The lowest BCUT2D eigenvalue weighted by molar-refractivity contribution is 0.475. The molecule has 0 aliphatic heterocycles. The zero-order valence-electron chi connectivity index (χ0n) is 10.4. The second-order valence-electron chi connectivity index (χ2n) is 4.92. The Morgan fingerprint density at radius 2 is 2.11 bits per heavy atom. The molecule has 1 unspecified atom stereocenters. The summed E-state index contributed by atoms with van der Waals surface area (Å²) in [6, 6.07) is 8.94. The number of rotatable bonds is 4. The van der Waals surface area contributed by atoms with Crippen LogP contribution in [0.4, 0.5) is 5.69 Å². The maximum absolute atomic E-state index is 4.19. The van der Waals surface area contributed by atoms with E-state index in [0.29, 0.717) is 6.04 Å². The summed E-state index contributed by atoms with van der Waals surface area (Å²) in [6.07, 6.45) is 9.17. The number of hydrogen-bond donors (Lipinski definition) is 1. The lowest BCUT2D eigenvalue weighted by atomic mass is 9.96. The highest BCUT2D eigenvalue weighted by atomic mass is 32.1. The number of nitrogens with zero attached hydrogens (tertiary/aromatic N) is 1. The highest BCUT2D eigenvalue weighted by Gasteiger charge is 2.26. The van der Waals surface area contributed by atoms with E-state index in [0.717, 1.165) is 11.6 Å². The second kappa shape index (κ2) is 5.53. The van der Waals surface area contributed by atoms with Gasteiger partial charge in [-0.15, -0.1) is 11.3 Å². The van der Waals surface area contributed by atoms with Crippen molar-refractivity contribution in [3.05, 3.63) is 46.9 Å². The standard InChI is InChI=1S/C15H18N2S/c1-2-6-12(5-1)15(14-8-4-10-18-14)17-13-7-3-9-16-11-13/h3-4,7-12,15,17H,1-2,5-6H2. The quantitative estimate of drug-likeness (QED) is 0.874. The first-order valence-corrected chi connectivity index (χ1v) is 7.51. The molecule has 18 heavy (non-hydrogen) atoms. The maximum atomic E-state index is 4.19. The molecule has 94 valence electrons. The van der Waals surface area contributed by atoms with Crippen molar-refractivity contribution < 1.29 is 0 Å². The van der Waals surface area contributed by atoms with Crippen LogP contribution >= 0.6 is 11.3 Å². The Balaban J connectivity index is 1.81. The number of thiophene rings is 1. The van der Waals surface area contributed by atoms with E-state index in [2.05, 4.69) is 33.9 Å². The Kier molecular flexibility index (Phi) is 3.60. The van der Waals surface area contributed by atoms with Crippen LogP contribution in [0.25, 0.3) is 0 Å². The predicted molar refractivity (Wildman–Crippen MR) is 76.9 cm³/mol. The van der Waals surface area contributed by atoms with Crippen molar-refractivity contribution in [2.24, 2.45) is 5.92 Å². The Morgan fingerprint density at radius 1 is 1.22 bits per heavy atom. The molecule has 1 fully saturated rings. The average molecular weight is 258 g/mol. The SMILES string of the molecule is c1cncc(NC(c2cccs2)C2CCCC2)c1. The first-order valence-electron chi connectivity index (χ1n) is 6.63. The summed E-state index contributed by atoms with van der Waals surface area (Å²) >= 11 is 1.85. The molecule has 3 heteroatoms. The van der Waals surface area contributed by atoms with Gasteiger partial charge in [0.2, 0.25) is 0 Å². The van der Waals surface area contributed by atoms with Gasteiger partial charge in [-0.3, -0.25) is 4.98 Å². The highest BCUT2D eigenvalue weighted by molar-refractivity contribution is 7.10. The predicted octanol–water partition coefficient (Wildman–Crippen LogP) is 4.49. The van der Waals surface area contributed by atoms with Gasteiger partial charge in [-0.1, -0.05) is 18.9 Å². The van der Waals surface area contributed by atoms with Crippen LogP contribution in [-0.2, 0) is 0 Å². The molecule has 0 amide bonds. The first kappa shape index (κ1) is 11.7. The molecule has 1 aliphatic rings. The molecule has 0 spiro atoms. The van der Waals surface area contributed by atoms with Crippen molar-refractivity contribution in [3.63, 3.8) is 0 Å². The van der Waals surface area contributed by atoms with Gasteiger partial charge < -0.3 is 5.32 Å². The van der Waals surface area contributed by atoms with Gasteiger partial charge in [0.15, 0.2) is 0 Å². The molecule has 2 aromatic heterocycles. The molecule has 1 N–H and O–H groups in total. The largest absolute Gasteiger partial charge is 0.376 e. The third-order valence-corrected chi connectivity index (χ3v) is 4.66. The minimum atomic E-state index is 0.455. The van der Waals surface area contributed by atoms with Crippen LogP contribution in [0.3, 0.4) is 0 Å². The molecule has 1 atom stereocenters. The van der Waals surface area contributed by atoms with Crippen molar-refractivity contribution in [3.8, 4) is 0 Å². The Hall–Kier alpha value is -1.35. The van der Waals surface area contributed by atoms with Crippen LogP contribution in [0.5, 0.6) is 0 Å². The molecular formula is C15H18N2S. The molecule has 2 nitrogen and oxygen atoms in total. The average Bonchev–Trinajstić information content (AvgIpc) is 3.11. The van der Waals surface area contributed by atoms with Gasteiger partial charge in [0.25, 0.3) is 0 Å². The second-order valence-corrected chi connectivity index (χ2v) is 5.90. The number of pyridine rings is 1. The van der Waals surface area contributed by atoms with E-state index in [-0.39, 0.29) is 0 Å². The normalized spacial score (nSPS) is 17.8. The number of aromatic nitrogens is 1. The van der Waals surface area contributed by atoms with Gasteiger partial charge in [0.05, 0.1) is 11.7 Å². The van der Waals surface area contributed by atoms with Crippen molar-refractivity contribution in [1.29, 1.82) is 0 Å². The zero-order valence-corrected chi connectivity index (χ0v) is 11.2. The minimum Gasteiger partial charge on any atom is -0.376 e. The summed E-state index contributed by atoms with van der Waals surface area (Å²) < 4.78 is 0. The van der Waals surface area contributed by atoms with Gasteiger partial charge in [-0.25, -0.2) is 0 Å². The summed E-state index contributed by atoms with van der Waals surface area (Å²) in [7, 11) is 0. The van der Waals surface area contributed by atoms with E-state index in [9.17, 15) is 0 Å². The van der Waals surface area contributed by atoms with Crippen LogP contribution < -0.4 is 5.32 Å². The third-order valence-electron chi connectivity index (χ3n) is 3.70. The van der Waals surface area contributed by atoms with Crippen LogP contribution in [0.15, 0.2) is 42.0 Å². The number of nitrogens with one attached hydrogen (secondary N) is 1. The Morgan fingerprint density at radius 3 is 2.78 bits per heavy atom. The highest BCUT2D eigenvalue weighted by Crippen LogP contribution is 2.39. The van der Waals surface area contributed by atoms with E-state index >= 15 is 0 Å². The summed E-state index contributed by atoms with van der Waals surface area (Å²) in [5, 5.41) is 5.84. The number of anilines is 1. The molecule has 1 aliphatic carbocycles. The monoisotopic (exact) mass is 258 g/mol. The molecular weight excluding hydrogens is 240 g/mol. The van der Waals surface area contributed by atoms with Crippen molar-refractivity contribution in [1.82, 2.24) is 4.98 Å². The molecule has 0 bridgehead atoms. The fourth-order valence-electron chi connectivity index (χ4n) is 2.81. The van der Waals surface area contributed by atoms with Crippen LogP contribution in [0.2, 0.25) is 0 Å². The van der Waals surface area contributed by atoms with Crippen molar-refractivity contribution >= 4 is 17.0 Å². The maximum Gasteiger partial charge on any atom is 0.0635 e. The van der Waals surface area contributed by atoms with Gasteiger partial charge in [-0.2, -0.15) is 0 Å². The fourth-order valence-corrected chi connectivity index (χ4v) is 3.68. The molecule has 1 saturated carbocycles. The molecule has 2 aromatic rings. The van der Waals surface area contributed by atoms with E-state index in [1.807, 2.05) is 29.8 Å². The van der Waals surface area contributed by atoms with Crippen molar-refractivity contribution in [2.75, 3.05) is 5.32 Å². The van der Waals surface area contributed by atoms with Crippen molar-refractivity contribution in [2.45, 2.75) is 31.7 Å². The summed E-state index contributed by atoms with van der Waals surface area (Å²) in [6.45, 7) is 0. The minimum absolute atomic E-state index is 0.455. The molecule has 0 radical (unpaired) electrons. The fraction of sp³-hybridized carbons (Fsp3) is 0.400. The number of hydrogen-bond acceptors (Lipinski definition) is 3. The molecule has 3 rings (SSSR count). The Labute approximate surface area is 112 Å². The smallest absolute Gasteiger partial charge is 0.0635 e. The summed E-state index contributed by atoms with van der Waals surface area (Å²) in [5.74, 6) is 0.767. The lowest BCUT2D eigenvalue weighted by Crippen LogP contribution is -2.17. The van der Waals surface area contributed by atoms with Gasteiger partial charge in [0, 0.05) is 17.3 Å². The van der Waals surface area contributed by atoms with Crippen LogP contribution in [0.1, 0.15) is 36.6 Å². The van der Waals surface area contributed by atoms with E-state index in [1.54, 1.807) is 0 Å². The Bertz CT molecular complexity index is 461. The zero-order chi connectivity index (χ0) is 12.2. The first-order chi connectivity index (χ1) is 8.93. The lowest BCUT2D eigenvalue weighted by Gasteiger charge is -2.24. The van der Waals surface area contributed by atoms with Gasteiger partial charge >= 0.3 is 0 Å². The topological polar surface area (TPSA) is 24.9 Å².